The van der Waals surface area contributed by atoms with Crippen molar-refractivity contribution in [3.05, 3.63) is 21.9 Å². The molecule has 0 fully saturated rings. The molecular weight excluding hydrogens is 384 g/mol. The van der Waals surface area contributed by atoms with Crippen LogP contribution in [0.1, 0.15) is 26.7 Å². The van der Waals surface area contributed by atoms with E-state index in [2.05, 4.69) is 39.5 Å². The van der Waals surface area contributed by atoms with Crippen molar-refractivity contribution in [3.63, 3.8) is 0 Å². The van der Waals surface area contributed by atoms with Gasteiger partial charge in [-0.2, -0.15) is 11.8 Å². The summed E-state index contributed by atoms with van der Waals surface area (Å²) < 4.78 is 27.8. The van der Waals surface area contributed by atoms with Crippen molar-refractivity contribution in [2.45, 2.75) is 36.3 Å². The van der Waals surface area contributed by atoms with Crippen LogP contribution < -0.4 is 4.72 Å². The largest absolute Gasteiger partial charge is 0.243 e. The Kier molecular flexibility index (Phi) is 6.79. The third-order valence-corrected chi connectivity index (χ3v) is 7.22. The van der Waals surface area contributed by atoms with Gasteiger partial charge in [-0.15, -0.1) is 0 Å². The third-order valence-electron chi connectivity index (χ3n) is 3.37. The molecule has 114 valence electrons. The Labute approximate surface area is 138 Å². The zero-order valence-electron chi connectivity index (χ0n) is 11.6. The molecule has 1 aromatic rings. The first-order chi connectivity index (χ1) is 9.30. The van der Waals surface area contributed by atoms with Crippen molar-refractivity contribution in [1.82, 2.24) is 9.71 Å². The van der Waals surface area contributed by atoms with Crippen LogP contribution in [0.15, 0.2) is 21.6 Å². The number of nitrogens with zero attached hydrogens (tertiary/aromatic N) is 1. The highest BCUT2D eigenvalue weighted by Crippen LogP contribution is 2.30. The van der Waals surface area contributed by atoms with E-state index in [1.165, 1.54) is 12.3 Å². The maximum absolute atomic E-state index is 12.3. The average Bonchev–Trinajstić information content (AvgIpc) is 2.43. The molecule has 1 N–H and O–H groups in total. The van der Waals surface area contributed by atoms with Crippen molar-refractivity contribution in [1.29, 1.82) is 0 Å². The lowest BCUT2D eigenvalue weighted by Gasteiger charge is -2.29. The summed E-state index contributed by atoms with van der Waals surface area (Å²) in [6, 6.07) is 1.45. The predicted molar refractivity (Wildman–Crippen MR) is 89.0 cm³/mol. The molecule has 0 unspecified atom stereocenters. The van der Waals surface area contributed by atoms with Crippen molar-refractivity contribution in [2.24, 2.45) is 0 Å². The van der Waals surface area contributed by atoms with Crippen LogP contribution in [-0.2, 0) is 10.0 Å². The van der Waals surface area contributed by atoms with Gasteiger partial charge >= 0.3 is 0 Å². The molecular formula is C12H18BrClN2O2S2. The van der Waals surface area contributed by atoms with Gasteiger partial charge in [0, 0.05) is 22.0 Å². The van der Waals surface area contributed by atoms with Gasteiger partial charge in [0.1, 0.15) is 10.0 Å². The predicted octanol–water partition coefficient (Wildman–Crippen LogP) is 3.70. The van der Waals surface area contributed by atoms with E-state index in [-0.39, 0.29) is 14.8 Å². The Balaban J connectivity index is 2.98. The molecule has 0 radical (unpaired) electrons. The normalized spacial score (nSPS) is 12.7. The highest BCUT2D eigenvalue weighted by molar-refractivity contribution is 9.10. The average molecular weight is 402 g/mol. The van der Waals surface area contributed by atoms with Gasteiger partial charge in [-0.25, -0.2) is 18.1 Å². The molecule has 1 rings (SSSR count). The zero-order valence-corrected chi connectivity index (χ0v) is 15.6. The number of hydrogen-bond donors (Lipinski definition) is 1. The summed E-state index contributed by atoms with van der Waals surface area (Å²) in [4.78, 5) is 3.84. The molecule has 4 nitrogen and oxygen atoms in total. The molecule has 0 atom stereocenters. The lowest BCUT2D eigenvalue weighted by atomic mass is 10.0. The maximum atomic E-state index is 12.3. The molecule has 0 bridgehead atoms. The first-order valence-electron chi connectivity index (χ1n) is 6.16. The number of sulfonamides is 1. The van der Waals surface area contributed by atoms with Crippen molar-refractivity contribution >= 4 is 49.3 Å². The molecule has 1 heterocycles. The Bertz CT molecular complexity index is 554. The van der Waals surface area contributed by atoms with Gasteiger partial charge in [0.15, 0.2) is 0 Å². The Morgan fingerprint density at radius 1 is 1.45 bits per heavy atom. The molecule has 0 aliphatic heterocycles. The van der Waals surface area contributed by atoms with Crippen molar-refractivity contribution in [3.8, 4) is 0 Å². The number of rotatable bonds is 7. The molecule has 0 saturated heterocycles. The van der Waals surface area contributed by atoms with Crippen LogP contribution in [0, 0.1) is 0 Å². The summed E-state index contributed by atoms with van der Waals surface area (Å²) in [6.07, 6.45) is 5.23. The zero-order chi connectivity index (χ0) is 15.4. The van der Waals surface area contributed by atoms with Crippen LogP contribution in [0.25, 0.3) is 0 Å². The molecule has 1 aromatic heterocycles. The lowest BCUT2D eigenvalue weighted by Crippen LogP contribution is -2.39. The number of thioether (sulfide) groups is 1. The van der Waals surface area contributed by atoms with E-state index in [1.807, 2.05) is 6.26 Å². The van der Waals surface area contributed by atoms with Gasteiger partial charge in [0.25, 0.3) is 0 Å². The van der Waals surface area contributed by atoms with E-state index in [4.69, 9.17) is 11.6 Å². The molecule has 0 amide bonds. The molecule has 0 aliphatic rings. The lowest BCUT2D eigenvalue weighted by molar-refractivity contribution is 0.522. The fourth-order valence-corrected chi connectivity index (χ4v) is 4.71. The van der Waals surface area contributed by atoms with E-state index in [0.29, 0.717) is 11.0 Å². The summed E-state index contributed by atoms with van der Waals surface area (Å²) >= 11 is 10.8. The molecule has 0 spiro atoms. The maximum Gasteiger partial charge on any atom is 0.243 e. The summed E-state index contributed by atoms with van der Waals surface area (Å²) in [6.45, 7) is 4.48. The monoisotopic (exact) mass is 400 g/mol. The molecule has 0 aromatic carbocycles. The second-order valence-corrected chi connectivity index (χ2v) is 8.64. The number of hydrogen-bond acceptors (Lipinski definition) is 4. The van der Waals surface area contributed by atoms with E-state index >= 15 is 0 Å². The summed E-state index contributed by atoms with van der Waals surface area (Å²) in [5.41, 5.74) is 0. The highest BCUT2D eigenvalue weighted by atomic mass is 79.9. The van der Waals surface area contributed by atoms with E-state index < -0.39 is 10.0 Å². The number of aromatic nitrogens is 1. The van der Waals surface area contributed by atoms with Gasteiger partial charge in [-0.3, -0.25) is 0 Å². The van der Waals surface area contributed by atoms with Crippen LogP contribution >= 0.6 is 39.3 Å². The quantitative estimate of drug-likeness (QED) is 0.708. The summed E-state index contributed by atoms with van der Waals surface area (Å²) in [5, 5.41) is -0.0246. The highest BCUT2D eigenvalue weighted by Gasteiger charge is 2.28. The van der Waals surface area contributed by atoms with E-state index in [9.17, 15) is 8.42 Å². The van der Waals surface area contributed by atoms with E-state index in [0.717, 1.165) is 12.8 Å². The fourth-order valence-electron chi connectivity index (χ4n) is 1.76. The molecule has 0 aliphatic carbocycles. The first kappa shape index (κ1) is 18.2. The van der Waals surface area contributed by atoms with Crippen LogP contribution in [-0.4, -0.2) is 30.9 Å². The van der Waals surface area contributed by atoms with Crippen LogP contribution in [0.2, 0.25) is 5.15 Å². The third kappa shape index (κ3) is 4.34. The van der Waals surface area contributed by atoms with Gasteiger partial charge in [-0.1, -0.05) is 25.4 Å². The summed E-state index contributed by atoms with van der Waals surface area (Å²) in [5.74, 6) is 0. The topological polar surface area (TPSA) is 59.1 Å². The Morgan fingerprint density at radius 2 is 2.05 bits per heavy atom. The number of halogens is 2. The first-order valence-corrected chi connectivity index (χ1v) is 10.0. The molecule has 8 heteroatoms. The van der Waals surface area contributed by atoms with Gasteiger partial charge in [0.05, 0.1) is 0 Å². The van der Waals surface area contributed by atoms with Crippen LogP contribution in [0.5, 0.6) is 0 Å². The van der Waals surface area contributed by atoms with Gasteiger partial charge in [-0.05, 0) is 41.1 Å². The minimum absolute atomic E-state index is 0.00393. The van der Waals surface area contributed by atoms with E-state index in [1.54, 1.807) is 11.8 Å². The Morgan fingerprint density at radius 3 is 2.55 bits per heavy atom. The van der Waals surface area contributed by atoms with Crippen molar-refractivity contribution in [2.75, 3.05) is 12.8 Å². The van der Waals surface area contributed by atoms with Crippen molar-refractivity contribution < 1.29 is 8.42 Å². The smallest absolute Gasteiger partial charge is 0.242 e. The van der Waals surface area contributed by atoms with Crippen LogP contribution in [0.3, 0.4) is 0 Å². The molecule has 20 heavy (non-hydrogen) atoms. The molecule has 0 saturated carbocycles. The number of pyridine rings is 1. The standard InChI is InChI=1S/C12H18BrClN2O2S2/c1-4-12(5-2,19-3)8-16-20(17,18)10-6-9(13)7-15-11(10)14/h6-7,16H,4-5,8H2,1-3H3. The van der Waals surface area contributed by atoms with Crippen LogP contribution in [0.4, 0.5) is 0 Å². The number of nitrogens with one attached hydrogen (secondary N) is 1. The fraction of sp³-hybridized carbons (Fsp3) is 0.583. The second-order valence-electron chi connectivity index (χ2n) is 4.36. The SMILES string of the molecule is CCC(CC)(CNS(=O)(=O)c1cc(Br)cnc1Cl)SC. The van der Waals surface area contributed by atoms with Gasteiger partial charge < -0.3 is 0 Å². The van der Waals surface area contributed by atoms with Gasteiger partial charge in [0.2, 0.25) is 10.0 Å². The minimum Gasteiger partial charge on any atom is -0.242 e. The second kappa shape index (κ2) is 7.45. The minimum atomic E-state index is -3.66. The summed E-state index contributed by atoms with van der Waals surface area (Å²) in [7, 11) is -3.66. The Hall–Kier alpha value is 0.180.